The Morgan fingerprint density at radius 1 is 1.27 bits per heavy atom. The molecule has 3 heterocycles. The predicted molar refractivity (Wildman–Crippen MR) is 110 cm³/mol. The zero-order valence-electron chi connectivity index (χ0n) is 15.2. The van der Waals surface area contributed by atoms with Crippen molar-refractivity contribution < 1.29 is 0 Å². The Kier molecular flexibility index (Phi) is 5.16. The van der Waals surface area contributed by atoms with E-state index in [0.717, 1.165) is 47.1 Å². The summed E-state index contributed by atoms with van der Waals surface area (Å²) in [6.45, 7) is 4.72. The van der Waals surface area contributed by atoms with Gasteiger partial charge in [-0.3, -0.25) is 9.36 Å². The fourth-order valence-electron chi connectivity index (χ4n) is 3.51. The molecular formula is C20H23N3OS2. The number of aromatic nitrogens is 2. The third-order valence-corrected chi connectivity index (χ3v) is 6.83. The van der Waals surface area contributed by atoms with Crippen LogP contribution in [0.1, 0.15) is 22.9 Å². The molecule has 0 bridgehead atoms. The molecule has 0 amide bonds. The van der Waals surface area contributed by atoms with Crippen molar-refractivity contribution in [3.05, 3.63) is 56.7 Å². The van der Waals surface area contributed by atoms with Crippen LogP contribution in [0.25, 0.3) is 10.2 Å². The van der Waals surface area contributed by atoms with Gasteiger partial charge >= 0.3 is 0 Å². The number of nitrogens with zero attached hydrogens (tertiary/aromatic N) is 3. The van der Waals surface area contributed by atoms with Crippen molar-refractivity contribution >= 4 is 33.3 Å². The van der Waals surface area contributed by atoms with E-state index in [2.05, 4.69) is 31.0 Å². The first kappa shape index (κ1) is 17.8. The highest BCUT2D eigenvalue weighted by atomic mass is 32.2. The smallest absolute Gasteiger partial charge is 0.263 e. The van der Waals surface area contributed by atoms with Crippen LogP contribution in [0.4, 0.5) is 0 Å². The van der Waals surface area contributed by atoms with E-state index in [-0.39, 0.29) is 5.56 Å². The van der Waals surface area contributed by atoms with Crippen molar-refractivity contribution in [1.82, 2.24) is 14.5 Å². The molecule has 0 aliphatic carbocycles. The van der Waals surface area contributed by atoms with E-state index in [9.17, 15) is 4.79 Å². The minimum absolute atomic E-state index is 0.143. The lowest BCUT2D eigenvalue weighted by Gasteiger charge is -2.21. The second-order valence-electron chi connectivity index (χ2n) is 6.69. The van der Waals surface area contributed by atoms with Crippen LogP contribution in [0, 0.1) is 0 Å². The Bertz CT molecular complexity index is 978. The number of aryl methyl sites for hydroxylation is 1. The number of fused-ring (bicyclic) bond motifs is 3. The van der Waals surface area contributed by atoms with Crippen molar-refractivity contribution in [2.24, 2.45) is 0 Å². The topological polar surface area (TPSA) is 38.1 Å². The monoisotopic (exact) mass is 385 g/mol. The molecule has 6 heteroatoms. The number of hydrogen-bond acceptors (Lipinski definition) is 5. The molecule has 26 heavy (non-hydrogen) atoms. The SMILES string of the molecule is CCSc1nc2sc3c(c2c(=O)n1CCc1ccccc1)CCN(C)C3. The van der Waals surface area contributed by atoms with Gasteiger partial charge < -0.3 is 4.90 Å². The first-order valence-electron chi connectivity index (χ1n) is 9.07. The lowest BCUT2D eigenvalue weighted by molar-refractivity contribution is 0.318. The Morgan fingerprint density at radius 3 is 2.85 bits per heavy atom. The van der Waals surface area contributed by atoms with Gasteiger partial charge in [-0.1, -0.05) is 49.0 Å². The summed E-state index contributed by atoms with van der Waals surface area (Å²) >= 11 is 3.36. The van der Waals surface area contributed by atoms with E-state index in [1.54, 1.807) is 23.1 Å². The minimum atomic E-state index is 0.143. The fraction of sp³-hybridized carbons (Fsp3) is 0.400. The molecule has 1 aliphatic rings. The molecule has 0 spiro atoms. The highest BCUT2D eigenvalue weighted by Crippen LogP contribution is 2.33. The van der Waals surface area contributed by atoms with Gasteiger partial charge in [0.15, 0.2) is 5.16 Å². The lowest BCUT2D eigenvalue weighted by atomic mass is 10.1. The maximum atomic E-state index is 13.4. The van der Waals surface area contributed by atoms with Crippen LogP contribution in [-0.4, -0.2) is 33.8 Å². The van der Waals surface area contributed by atoms with E-state index >= 15 is 0 Å². The second-order valence-corrected chi connectivity index (χ2v) is 9.01. The number of benzene rings is 1. The molecule has 0 saturated heterocycles. The van der Waals surface area contributed by atoms with E-state index in [0.29, 0.717) is 6.54 Å². The normalized spacial score (nSPS) is 14.7. The average molecular weight is 386 g/mol. The maximum Gasteiger partial charge on any atom is 0.263 e. The molecule has 1 aliphatic heterocycles. The summed E-state index contributed by atoms with van der Waals surface area (Å²) in [5, 5.41) is 1.72. The molecule has 0 saturated carbocycles. The third kappa shape index (κ3) is 3.33. The molecule has 1 aromatic carbocycles. The summed E-state index contributed by atoms with van der Waals surface area (Å²) < 4.78 is 1.90. The summed E-state index contributed by atoms with van der Waals surface area (Å²) in [4.78, 5) is 22.8. The third-order valence-electron chi connectivity index (χ3n) is 4.86. The van der Waals surface area contributed by atoms with Gasteiger partial charge in [-0.05, 0) is 36.8 Å². The molecule has 2 aromatic heterocycles. The quantitative estimate of drug-likeness (QED) is 0.495. The van der Waals surface area contributed by atoms with Gasteiger partial charge in [-0.2, -0.15) is 0 Å². The van der Waals surface area contributed by atoms with Crippen LogP contribution in [0.15, 0.2) is 40.3 Å². The Morgan fingerprint density at radius 2 is 2.08 bits per heavy atom. The molecule has 0 atom stereocenters. The first-order valence-corrected chi connectivity index (χ1v) is 10.9. The molecular weight excluding hydrogens is 362 g/mol. The molecule has 0 radical (unpaired) electrons. The van der Waals surface area contributed by atoms with Crippen LogP contribution < -0.4 is 5.56 Å². The molecule has 3 aromatic rings. The standard InChI is InChI=1S/C20H23N3OS2/c1-3-25-20-21-18-17(15-10-11-22(2)13-16(15)26-18)19(24)23(20)12-9-14-7-5-4-6-8-14/h4-8H,3,9-13H2,1-2H3. The Labute approximate surface area is 161 Å². The molecule has 0 fully saturated rings. The molecule has 0 N–H and O–H groups in total. The van der Waals surface area contributed by atoms with Crippen LogP contribution in [0.3, 0.4) is 0 Å². The summed E-state index contributed by atoms with van der Waals surface area (Å²) in [6, 6.07) is 10.4. The fourth-order valence-corrected chi connectivity index (χ4v) is 5.60. The highest BCUT2D eigenvalue weighted by molar-refractivity contribution is 7.99. The number of likely N-dealkylation sites (N-methyl/N-ethyl adjacent to an activating group) is 1. The van der Waals surface area contributed by atoms with Gasteiger partial charge in [-0.25, -0.2) is 4.98 Å². The summed E-state index contributed by atoms with van der Waals surface area (Å²) in [5.74, 6) is 0.914. The summed E-state index contributed by atoms with van der Waals surface area (Å²) in [5.41, 5.74) is 2.63. The summed E-state index contributed by atoms with van der Waals surface area (Å²) in [7, 11) is 2.14. The lowest BCUT2D eigenvalue weighted by Crippen LogP contribution is -2.28. The summed E-state index contributed by atoms with van der Waals surface area (Å²) in [6.07, 6.45) is 1.79. The van der Waals surface area contributed by atoms with E-state index in [4.69, 9.17) is 4.98 Å². The molecule has 136 valence electrons. The van der Waals surface area contributed by atoms with Crippen molar-refractivity contribution in [1.29, 1.82) is 0 Å². The van der Waals surface area contributed by atoms with Gasteiger partial charge in [0.1, 0.15) is 4.83 Å². The second kappa shape index (κ2) is 7.55. The van der Waals surface area contributed by atoms with Gasteiger partial charge in [-0.15, -0.1) is 11.3 Å². The van der Waals surface area contributed by atoms with Crippen LogP contribution in [0.2, 0.25) is 0 Å². The molecule has 4 nitrogen and oxygen atoms in total. The van der Waals surface area contributed by atoms with Crippen molar-refractivity contribution in [2.45, 2.75) is 38.0 Å². The van der Waals surface area contributed by atoms with Gasteiger partial charge in [0.25, 0.3) is 5.56 Å². The van der Waals surface area contributed by atoms with Gasteiger partial charge in [0, 0.05) is 24.5 Å². The zero-order valence-corrected chi connectivity index (χ0v) is 16.8. The number of thioether (sulfide) groups is 1. The molecule has 0 unspecified atom stereocenters. The maximum absolute atomic E-state index is 13.4. The predicted octanol–water partition coefficient (Wildman–Crippen LogP) is 3.80. The van der Waals surface area contributed by atoms with Crippen molar-refractivity contribution in [2.75, 3.05) is 19.3 Å². The van der Waals surface area contributed by atoms with E-state index in [1.165, 1.54) is 16.0 Å². The Balaban J connectivity index is 1.78. The van der Waals surface area contributed by atoms with Crippen molar-refractivity contribution in [3.8, 4) is 0 Å². The van der Waals surface area contributed by atoms with Gasteiger partial charge in [0.05, 0.1) is 5.39 Å². The van der Waals surface area contributed by atoms with E-state index in [1.807, 2.05) is 22.8 Å². The molecule has 4 rings (SSSR count). The number of thiophene rings is 1. The first-order chi connectivity index (χ1) is 12.7. The minimum Gasteiger partial charge on any atom is -0.301 e. The van der Waals surface area contributed by atoms with Crippen molar-refractivity contribution in [3.63, 3.8) is 0 Å². The van der Waals surface area contributed by atoms with Crippen LogP contribution >= 0.6 is 23.1 Å². The van der Waals surface area contributed by atoms with Crippen LogP contribution in [-0.2, 0) is 25.9 Å². The Hall–Kier alpha value is -1.63. The van der Waals surface area contributed by atoms with E-state index < -0.39 is 0 Å². The number of hydrogen-bond donors (Lipinski definition) is 0. The zero-order chi connectivity index (χ0) is 18.1. The van der Waals surface area contributed by atoms with Gasteiger partial charge in [0.2, 0.25) is 0 Å². The number of rotatable bonds is 5. The van der Waals surface area contributed by atoms with Crippen LogP contribution in [0.5, 0.6) is 0 Å². The highest BCUT2D eigenvalue weighted by Gasteiger charge is 2.23. The largest absolute Gasteiger partial charge is 0.301 e. The average Bonchev–Trinajstić information content (AvgIpc) is 3.00.